The average Bonchev–Trinajstić information content (AvgIpc) is 3.17. The molecule has 2 aliphatic rings. The van der Waals surface area contributed by atoms with Gasteiger partial charge in [0.1, 0.15) is 5.75 Å². The molecule has 0 fully saturated rings. The van der Waals surface area contributed by atoms with Crippen molar-refractivity contribution in [1.82, 2.24) is 5.32 Å². The van der Waals surface area contributed by atoms with E-state index in [0.29, 0.717) is 18.4 Å². The molecule has 4 rings (SSSR count). The summed E-state index contributed by atoms with van der Waals surface area (Å²) < 4.78 is 5.59. The Morgan fingerprint density at radius 2 is 1.93 bits per heavy atom. The van der Waals surface area contributed by atoms with Crippen LogP contribution in [0.2, 0.25) is 0 Å². The molecule has 0 bridgehead atoms. The van der Waals surface area contributed by atoms with Crippen LogP contribution >= 0.6 is 0 Å². The first-order valence-electron chi connectivity index (χ1n) is 10.5. The molecule has 2 N–H and O–H groups in total. The average molecular weight is 391 g/mol. The van der Waals surface area contributed by atoms with Gasteiger partial charge in [0.05, 0.1) is 12.6 Å². The Morgan fingerprint density at radius 3 is 2.62 bits per heavy atom. The van der Waals surface area contributed by atoms with Crippen molar-refractivity contribution in [2.75, 3.05) is 11.9 Å². The van der Waals surface area contributed by atoms with Crippen molar-refractivity contribution in [2.24, 2.45) is 5.92 Å². The van der Waals surface area contributed by atoms with Crippen LogP contribution in [0, 0.1) is 5.92 Å². The van der Waals surface area contributed by atoms with Gasteiger partial charge in [0, 0.05) is 22.7 Å². The van der Waals surface area contributed by atoms with E-state index in [0.717, 1.165) is 23.4 Å². The molecular formula is C25H30N2O2. The van der Waals surface area contributed by atoms with Gasteiger partial charge in [-0.1, -0.05) is 24.3 Å². The van der Waals surface area contributed by atoms with Crippen LogP contribution in [0.4, 0.5) is 5.69 Å². The number of allylic oxidation sites excluding steroid dienone is 2. The Hall–Kier alpha value is -2.75. The summed E-state index contributed by atoms with van der Waals surface area (Å²) in [4.78, 5) is 12.6. The molecule has 29 heavy (non-hydrogen) atoms. The largest absolute Gasteiger partial charge is 0.494 e. The normalized spacial score (nSPS) is 22.4. The second-order valence-corrected chi connectivity index (χ2v) is 8.98. The van der Waals surface area contributed by atoms with Crippen LogP contribution in [0.25, 0.3) is 0 Å². The minimum atomic E-state index is -0.250. The maximum atomic E-state index is 12.6. The molecule has 0 saturated heterocycles. The predicted octanol–water partition coefficient (Wildman–Crippen LogP) is 5.44. The number of carbonyl (C=O) groups excluding carboxylic acids is 1. The number of amides is 1. The highest BCUT2D eigenvalue weighted by Gasteiger charge is 2.38. The van der Waals surface area contributed by atoms with Crippen molar-refractivity contribution in [3.63, 3.8) is 0 Å². The van der Waals surface area contributed by atoms with Gasteiger partial charge in [0.2, 0.25) is 0 Å². The first-order chi connectivity index (χ1) is 13.9. The summed E-state index contributed by atoms with van der Waals surface area (Å²) in [5.74, 6) is 1.65. The Balaban J connectivity index is 1.63. The van der Waals surface area contributed by atoms with Gasteiger partial charge in [-0.25, -0.2) is 0 Å². The number of fused-ring (bicyclic) bond motifs is 3. The van der Waals surface area contributed by atoms with Crippen LogP contribution in [0.1, 0.15) is 67.6 Å². The van der Waals surface area contributed by atoms with E-state index in [4.69, 9.17) is 4.74 Å². The smallest absolute Gasteiger partial charge is 0.251 e. The molecule has 2 aromatic rings. The van der Waals surface area contributed by atoms with Gasteiger partial charge in [-0.05, 0) is 81.5 Å². The zero-order chi connectivity index (χ0) is 20.6. The monoisotopic (exact) mass is 390 g/mol. The fraction of sp³-hybridized carbons (Fsp3) is 0.400. The number of benzene rings is 2. The van der Waals surface area contributed by atoms with Crippen molar-refractivity contribution in [1.29, 1.82) is 0 Å². The summed E-state index contributed by atoms with van der Waals surface area (Å²) in [6.07, 6.45) is 5.61. The highest BCUT2D eigenvalue weighted by Crippen LogP contribution is 2.50. The minimum absolute atomic E-state index is 0.0209. The van der Waals surface area contributed by atoms with E-state index in [2.05, 4.69) is 47.1 Å². The number of ether oxygens (including phenoxy) is 1. The highest BCUT2D eigenvalue weighted by atomic mass is 16.5. The Morgan fingerprint density at radius 1 is 1.17 bits per heavy atom. The SMILES string of the molecule is CCOc1ccc(C2Nc3ccc(C(=O)NC(C)(C)C)cc3C3C=CCC32)cc1. The summed E-state index contributed by atoms with van der Waals surface area (Å²) >= 11 is 0. The Labute approximate surface area is 173 Å². The number of rotatable bonds is 4. The first-order valence-corrected chi connectivity index (χ1v) is 10.5. The molecule has 4 heteroatoms. The topological polar surface area (TPSA) is 50.4 Å². The van der Waals surface area contributed by atoms with Crippen molar-refractivity contribution >= 4 is 11.6 Å². The quantitative estimate of drug-likeness (QED) is 0.684. The lowest BCUT2D eigenvalue weighted by Crippen LogP contribution is -2.40. The third-order valence-electron chi connectivity index (χ3n) is 5.66. The molecule has 0 radical (unpaired) electrons. The molecule has 0 aromatic heterocycles. The van der Waals surface area contributed by atoms with Crippen LogP contribution in [0.3, 0.4) is 0 Å². The standard InChI is InChI=1S/C25H30N2O2/c1-5-29-18-12-9-16(10-13-18)23-20-8-6-7-19(20)21-15-17(11-14-22(21)26-23)24(28)27-25(2,3)4/h6-7,9-15,19-20,23,26H,5,8H2,1-4H3,(H,27,28). The second-order valence-electron chi connectivity index (χ2n) is 8.98. The Kier molecular flexibility index (Phi) is 5.12. The third-order valence-corrected chi connectivity index (χ3v) is 5.66. The molecule has 1 amide bonds. The lowest BCUT2D eigenvalue weighted by molar-refractivity contribution is 0.0919. The molecule has 1 aliphatic heterocycles. The van der Waals surface area contributed by atoms with E-state index in [-0.39, 0.29) is 17.5 Å². The van der Waals surface area contributed by atoms with E-state index >= 15 is 0 Å². The molecule has 152 valence electrons. The van der Waals surface area contributed by atoms with Gasteiger partial charge < -0.3 is 15.4 Å². The fourth-order valence-corrected chi connectivity index (χ4v) is 4.42. The van der Waals surface area contributed by atoms with Crippen LogP contribution in [-0.4, -0.2) is 18.1 Å². The predicted molar refractivity (Wildman–Crippen MR) is 118 cm³/mol. The maximum absolute atomic E-state index is 12.6. The summed E-state index contributed by atoms with van der Waals surface area (Å²) in [6, 6.07) is 14.7. The Bertz CT molecular complexity index is 925. The molecular weight excluding hydrogens is 360 g/mol. The summed E-state index contributed by atoms with van der Waals surface area (Å²) in [7, 11) is 0. The lowest BCUT2D eigenvalue weighted by atomic mass is 9.76. The van der Waals surface area contributed by atoms with Crippen molar-refractivity contribution in [3.05, 3.63) is 71.3 Å². The van der Waals surface area contributed by atoms with Crippen LogP contribution in [0.5, 0.6) is 5.75 Å². The second kappa shape index (κ2) is 7.58. The van der Waals surface area contributed by atoms with E-state index < -0.39 is 0 Å². The van der Waals surface area contributed by atoms with Crippen LogP contribution in [-0.2, 0) is 0 Å². The van der Waals surface area contributed by atoms with Crippen molar-refractivity contribution < 1.29 is 9.53 Å². The van der Waals surface area contributed by atoms with Gasteiger partial charge in [0.15, 0.2) is 0 Å². The number of carbonyl (C=O) groups is 1. The van der Waals surface area contributed by atoms with Crippen LogP contribution in [0.15, 0.2) is 54.6 Å². The van der Waals surface area contributed by atoms with Gasteiger partial charge in [-0.3, -0.25) is 4.79 Å². The number of hydrogen-bond donors (Lipinski definition) is 2. The summed E-state index contributed by atoms with van der Waals surface area (Å²) in [6.45, 7) is 8.68. The van der Waals surface area contributed by atoms with E-state index in [1.54, 1.807) is 0 Å². The third kappa shape index (κ3) is 4.02. The van der Waals surface area contributed by atoms with Crippen molar-refractivity contribution in [2.45, 2.75) is 51.6 Å². The molecule has 1 aliphatic carbocycles. The van der Waals surface area contributed by atoms with E-state index in [1.807, 2.05) is 45.9 Å². The summed E-state index contributed by atoms with van der Waals surface area (Å²) in [5, 5.41) is 6.80. The zero-order valence-corrected chi connectivity index (χ0v) is 17.7. The molecule has 1 heterocycles. The molecule has 3 unspecified atom stereocenters. The summed E-state index contributed by atoms with van der Waals surface area (Å²) in [5.41, 5.74) is 4.07. The van der Waals surface area contributed by atoms with Crippen LogP contribution < -0.4 is 15.4 Å². The number of hydrogen-bond acceptors (Lipinski definition) is 3. The maximum Gasteiger partial charge on any atom is 0.251 e. The molecule has 0 saturated carbocycles. The fourth-order valence-electron chi connectivity index (χ4n) is 4.42. The van der Waals surface area contributed by atoms with Crippen molar-refractivity contribution in [3.8, 4) is 5.75 Å². The van der Waals surface area contributed by atoms with E-state index in [1.165, 1.54) is 11.1 Å². The first kappa shape index (κ1) is 19.6. The molecule has 2 aromatic carbocycles. The van der Waals surface area contributed by atoms with Gasteiger partial charge in [0.25, 0.3) is 5.91 Å². The minimum Gasteiger partial charge on any atom is -0.494 e. The lowest BCUT2D eigenvalue weighted by Gasteiger charge is -2.37. The van der Waals surface area contributed by atoms with Gasteiger partial charge >= 0.3 is 0 Å². The van der Waals surface area contributed by atoms with Gasteiger partial charge in [-0.2, -0.15) is 0 Å². The molecule has 0 spiro atoms. The van der Waals surface area contributed by atoms with Gasteiger partial charge in [-0.15, -0.1) is 0 Å². The van der Waals surface area contributed by atoms with E-state index in [9.17, 15) is 4.79 Å². The number of nitrogens with one attached hydrogen (secondary N) is 2. The molecule has 4 nitrogen and oxygen atoms in total. The highest BCUT2D eigenvalue weighted by molar-refractivity contribution is 5.95. The number of anilines is 1. The zero-order valence-electron chi connectivity index (χ0n) is 17.7. The molecule has 3 atom stereocenters.